The van der Waals surface area contributed by atoms with Gasteiger partial charge < -0.3 is 25.2 Å². The van der Waals surface area contributed by atoms with E-state index >= 15 is 0 Å². The van der Waals surface area contributed by atoms with Crippen LogP contribution in [0, 0.1) is 0 Å². The van der Waals surface area contributed by atoms with Crippen molar-refractivity contribution in [1.29, 1.82) is 0 Å². The van der Waals surface area contributed by atoms with E-state index < -0.39 is 17.8 Å². The number of aliphatic hydroxyl groups is 1. The molecule has 1 rings (SSSR count). The van der Waals surface area contributed by atoms with E-state index in [2.05, 4.69) is 0 Å². The Morgan fingerprint density at radius 3 is 2.62 bits per heavy atom. The average Bonchev–Trinajstić information content (AvgIpc) is 2.54. The number of ether oxygens (including phenoxy) is 2. The Balaban J connectivity index is 2.49. The third-order valence-corrected chi connectivity index (χ3v) is 3.52. The van der Waals surface area contributed by atoms with Crippen molar-refractivity contribution in [3.05, 3.63) is 29.8 Å². The molecule has 146 valence electrons. The van der Waals surface area contributed by atoms with E-state index in [0.717, 1.165) is 0 Å². The van der Waals surface area contributed by atoms with Crippen molar-refractivity contribution >= 4 is 12.0 Å². The van der Waals surface area contributed by atoms with Crippen LogP contribution in [0.3, 0.4) is 0 Å². The number of benzene rings is 1. The van der Waals surface area contributed by atoms with Gasteiger partial charge in [0.15, 0.2) is 0 Å². The minimum absolute atomic E-state index is 0.277. The molecule has 0 saturated carbocycles. The lowest BCUT2D eigenvalue weighted by Gasteiger charge is -2.25. The number of aliphatic hydroxyl groups excluding tert-OH is 1. The minimum Gasteiger partial charge on any atom is -0.494 e. The van der Waals surface area contributed by atoms with Gasteiger partial charge in [0.25, 0.3) is 0 Å². The smallest absolute Gasteiger partial charge is 0.410 e. The summed E-state index contributed by atoms with van der Waals surface area (Å²) >= 11 is 0. The SMILES string of the molecule is CN(CCC(O)c1cccc(OCCCC(N)=O)c1)C(=O)OC(C)(C)C. The van der Waals surface area contributed by atoms with Gasteiger partial charge >= 0.3 is 6.09 Å². The normalized spacial score (nSPS) is 12.3. The second-order valence-electron chi connectivity index (χ2n) is 7.20. The fourth-order valence-corrected chi connectivity index (χ4v) is 2.16. The van der Waals surface area contributed by atoms with Gasteiger partial charge in [-0.25, -0.2) is 4.79 Å². The minimum atomic E-state index is -0.728. The third-order valence-electron chi connectivity index (χ3n) is 3.52. The molecule has 1 aromatic rings. The van der Waals surface area contributed by atoms with E-state index in [1.165, 1.54) is 4.90 Å². The van der Waals surface area contributed by atoms with Gasteiger partial charge in [0.2, 0.25) is 5.91 Å². The molecule has 0 aliphatic heterocycles. The molecule has 0 fully saturated rings. The third kappa shape index (κ3) is 8.71. The van der Waals surface area contributed by atoms with Gasteiger partial charge in [-0.1, -0.05) is 12.1 Å². The summed E-state index contributed by atoms with van der Waals surface area (Å²) in [5, 5.41) is 10.4. The fourth-order valence-electron chi connectivity index (χ4n) is 2.16. The molecule has 0 saturated heterocycles. The molecule has 0 aromatic heterocycles. The van der Waals surface area contributed by atoms with Crippen LogP contribution >= 0.6 is 0 Å². The quantitative estimate of drug-likeness (QED) is 0.654. The van der Waals surface area contributed by atoms with E-state index in [-0.39, 0.29) is 12.3 Å². The summed E-state index contributed by atoms with van der Waals surface area (Å²) < 4.78 is 10.8. The maximum atomic E-state index is 11.9. The highest BCUT2D eigenvalue weighted by atomic mass is 16.6. The summed E-state index contributed by atoms with van der Waals surface area (Å²) in [6, 6.07) is 7.13. The van der Waals surface area contributed by atoms with E-state index in [1.807, 2.05) is 20.8 Å². The van der Waals surface area contributed by atoms with E-state index in [1.54, 1.807) is 31.3 Å². The van der Waals surface area contributed by atoms with E-state index in [9.17, 15) is 14.7 Å². The molecule has 7 nitrogen and oxygen atoms in total. The Labute approximate surface area is 155 Å². The van der Waals surface area contributed by atoms with Gasteiger partial charge in [0.1, 0.15) is 11.4 Å². The molecular formula is C19H30N2O5. The average molecular weight is 366 g/mol. The van der Waals surface area contributed by atoms with Crippen LogP contribution in [0.25, 0.3) is 0 Å². The van der Waals surface area contributed by atoms with Crippen molar-refractivity contribution in [3.63, 3.8) is 0 Å². The number of rotatable bonds is 9. The lowest BCUT2D eigenvalue weighted by Crippen LogP contribution is -2.35. The van der Waals surface area contributed by atoms with Gasteiger partial charge in [-0.2, -0.15) is 0 Å². The predicted molar refractivity (Wildman–Crippen MR) is 98.8 cm³/mol. The monoisotopic (exact) mass is 366 g/mol. The van der Waals surface area contributed by atoms with Crippen molar-refractivity contribution < 1.29 is 24.2 Å². The maximum absolute atomic E-state index is 11.9. The van der Waals surface area contributed by atoms with Crippen LogP contribution in [-0.4, -0.2) is 47.8 Å². The number of carbonyl (C=O) groups excluding carboxylic acids is 2. The first-order chi connectivity index (χ1) is 12.1. The Morgan fingerprint density at radius 2 is 2.00 bits per heavy atom. The number of amides is 2. The molecule has 0 spiro atoms. The number of hydrogen-bond acceptors (Lipinski definition) is 5. The zero-order valence-electron chi connectivity index (χ0n) is 16.0. The first-order valence-corrected chi connectivity index (χ1v) is 8.72. The summed E-state index contributed by atoms with van der Waals surface area (Å²) in [7, 11) is 1.64. The van der Waals surface area contributed by atoms with Crippen LogP contribution in [0.2, 0.25) is 0 Å². The van der Waals surface area contributed by atoms with Crippen LogP contribution in [0.4, 0.5) is 4.79 Å². The van der Waals surface area contributed by atoms with Gasteiger partial charge in [-0.05, 0) is 51.3 Å². The lowest BCUT2D eigenvalue weighted by atomic mass is 10.1. The summed E-state index contributed by atoms with van der Waals surface area (Å²) in [6.07, 6.45) is 0.0495. The van der Waals surface area contributed by atoms with Crippen LogP contribution in [-0.2, 0) is 9.53 Å². The highest BCUT2D eigenvalue weighted by Gasteiger charge is 2.20. The van der Waals surface area contributed by atoms with Crippen molar-refractivity contribution in [1.82, 2.24) is 4.90 Å². The lowest BCUT2D eigenvalue weighted by molar-refractivity contribution is -0.118. The Hall–Kier alpha value is -2.28. The predicted octanol–water partition coefficient (Wildman–Crippen LogP) is 2.62. The first-order valence-electron chi connectivity index (χ1n) is 8.72. The second kappa shape index (κ2) is 10.0. The molecule has 0 radical (unpaired) electrons. The van der Waals surface area contributed by atoms with Crippen molar-refractivity contribution in [2.75, 3.05) is 20.2 Å². The molecule has 0 bridgehead atoms. The van der Waals surface area contributed by atoms with E-state index in [4.69, 9.17) is 15.2 Å². The topological polar surface area (TPSA) is 102 Å². The standard InChI is InChI=1S/C19H30N2O5/c1-19(2,3)26-18(24)21(4)11-10-16(22)14-7-5-8-15(13-14)25-12-6-9-17(20)23/h5,7-8,13,16,22H,6,9-12H2,1-4H3,(H2,20,23). The molecule has 0 aliphatic rings. The van der Waals surface area contributed by atoms with Crippen molar-refractivity contribution in [2.45, 2.75) is 51.7 Å². The van der Waals surface area contributed by atoms with Crippen LogP contribution in [0.5, 0.6) is 5.75 Å². The molecule has 26 heavy (non-hydrogen) atoms. The summed E-state index contributed by atoms with van der Waals surface area (Å²) in [4.78, 5) is 24.1. The largest absolute Gasteiger partial charge is 0.494 e. The molecule has 2 amide bonds. The van der Waals surface area contributed by atoms with Crippen molar-refractivity contribution in [3.8, 4) is 5.75 Å². The Morgan fingerprint density at radius 1 is 1.31 bits per heavy atom. The molecule has 1 unspecified atom stereocenters. The first kappa shape index (κ1) is 21.8. The zero-order valence-corrected chi connectivity index (χ0v) is 16.0. The van der Waals surface area contributed by atoms with Gasteiger partial charge in [0, 0.05) is 20.0 Å². The number of nitrogens with zero attached hydrogens (tertiary/aromatic N) is 1. The second-order valence-corrected chi connectivity index (χ2v) is 7.20. The van der Waals surface area contributed by atoms with Crippen molar-refractivity contribution in [2.24, 2.45) is 5.73 Å². The zero-order chi connectivity index (χ0) is 19.7. The number of hydrogen-bond donors (Lipinski definition) is 2. The van der Waals surface area contributed by atoms with E-state index in [0.29, 0.717) is 37.3 Å². The maximum Gasteiger partial charge on any atom is 0.410 e. The summed E-state index contributed by atoms with van der Waals surface area (Å²) in [5.74, 6) is 0.262. The molecule has 0 heterocycles. The van der Waals surface area contributed by atoms with Crippen LogP contribution in [0.15, 0.2) is 24.3 Å². The van der Waals surface area contributed by atoms with Gasteiger partial charge in [-0.3, -0.25) is 4.79 Å². The molecular weight excluding hydrogens is 336 g/mol. The Kier molecular flexibility index (Phi) is 8.38. The molecule has 0 aliphatic carbocycles. The molecule has 7 heteroatoms. The molecule has 1 atom stereocenters. The van der Waals surface area contributed by atoms with Crippen LogP contribution < -0.4 is 10.5 Å². The van der Waals surface area contributed by atoms with Gasteiger partial charge in [0.05, 0.1) is 12.7 Å². The highest BCUT2D eigenvalue weighted by molar-refractivity contribution is 5.73. The molecule has 1 aromatic carbocycles. The summed E-state index contributed by atoms with van der Waals surface area (Å²) in [6.45, 7) is 6.16. The Bertz CT molecular complexity index is 598. The highest BCUT2D eigenvalue weighted by Crippen LogP contribution is 2.22. The fraction of sp³-hybridized carbons (Fsp3) is 0.579. The summed E-state index contributed by atoms with van der Waals surface area (Å²) in [5.41, 5.74) is 5.24. The molecule has 3 N–H and O–H groups in total. The number of carbonyl (C=O) groups is 2. The van der Waals surface area contributed by atoms with Crippen LogP contribution in [0.1, 0.15) is 51.7 Å². The number of primary amides is 1. The van der Waals surface area contributed by atoms with Gasteiger partial charge in [-0.15, -0.1) is 0 Å². The number of nitrogens with two attached hydrogens (primary N) is 1.